The Bertz CT molecular complexity index is 452. The molecule has 1 unspecified atom stereocenters. The van der Waals surface area contributed by atoms with Gasteiger partial charge in [0.2, 0.25) is 5.91 Å². The molecule has 0 aliphatic rings. The van der Waals surface area contributed by atoms with Gasteiger partial charge in [-0.15, -0.1) is 13.2 Å². The largest absolute Gasteiger partial charge is 0.573 e. The van der Waals surface area contributed by atoms with E-state index < -0.39 is 24.1 Å². The first-order chi connectivity index (χ1) is 9.33. The highest BCUT2D eigenvalue weighted by Gasteiger charge is 2.32. The van der Waals surface area contributed by atoms with Gasteiger partial charge in [-0.25, -0.2) is 0 Å². The van der Waals surface area contributed by atoms with E-state index in [0.29, 0.717) is 0 Å². The first kappa shape index (κ1) is 16.3. The molecule has 1 atom stereocenters. The van der Waals surface area contributed by atoms with Gasteiger partial charge >= 0.3 is 6.36 Å². The van der Waals surface area contributed by atoms with Crippen molar-refractivity contribution in [2.24, 2.45) is 5.73 Å². The second-order valence-electron chi connectivity index (χ2n) is 3.92. The molecule has 1 rings (SSSR count). The molecule has 0 fully saturated rings. The normalized spacial score (nSPS) is 12.8. The average Bonchev–Trinajstić information content (AvgIpc) is 2.36. The third kappa shape index (κ3) is 5.45. The van der Waals surface area contributed by atoms with Gasteiger partial charge in [0.05, 0.1) is 11.7 Å². The van der Waals surface area contributed by atoms with E-state index in [-0.39, 0.29) is 18.7 Å². The number of rotatable bonds is 6. The van der Waals surface area contributed by atoms with Crippen LogP contribution in [0.3, 0.4) is 0 Å². The predicted molar refractivity (Wildman–Crippen MR) is 66.2 cm³/mol. The van der Waals surface area contributed by atoms with Crippen LogP contribution in [0.2, 0.25) is 0 Å². The Morgan fingerprint density at radius 3 is 2.65 bits per heavy atom. The molecule has 0 bridgehead atoms. The summed E-state index contributed by atoms with van der Waals surface area (Å²) in [6.45, 7) is 0.273. The van der Waals surface area contributed by atoms with E-state index in [1.807, 2.05) is 0 Å². The maximum atomic E-state index is 12.2. The van der Waals surface area contributed by atoms with E-state index >= 15 is 0 Å². The molecule has 8 heteroatoms. The number of amides is 1. The first-order valence-corrected chi connectivity index (χ1v) is 5.73. The van der Waals surface area contributed by atoms with Crippen LogP contribution in [0.4, 0.5) is 18.9 Å². The zero-order chi connectivity index (χ0) is 15.2. The van der Waals surface area contributed by atoms with Gasteiger partial charge in [-0.2, -0.15) is 0 Å². The van der Waals surface area contributed by atoms with Crippen LogP contribution in [0.5, 0.6) is 5.75 Å². The van der Waals surface area contributed by atoms with Crippen molar-refractivity contribution in [1.29, 1.82) is 0 Å². The molecule has 0 aliphatic heterocycles. The number of benzene rings is 1. The van der Waals surface area contributed by atoms with Crippen molar-refractivity contribution in [1.82, 2.24) is 0 Å². The van der Waals surface area contributed by atoms with Crippen molar-refractivity contribution in [3.05, 3.63) is 24.3 Å². The van der Waals surface area contributed by atoms with Crippen LogP contribution >= 0.6 is 0 Å². The number of para-hydroxylation sites is 2. The monoisotopic (exact) mass is 292 g/mol. The van der Waals surface area contributed by atoms with Gasteiger partial charge < -0.3 is 20.5 Å². The Labute approximate surface area is 113 Å². The molecule has 0 saturated heterocycles. The van der Waals surface area contributed by atoms with E-state index in [1.54, 1.807) is 0 Å². The fraction of sp³-hybridized carbons (Fsp3) is 0.417. The molecule has 3 N–H and O–H groups in total. The van der Waals surface area contributed by atoms with Crippen molar-refractivity contribution < 1.29 is 27.4 Å². The molecule has 0 aliphatic carbocycles. The molecule has 1 amide bonds. The minimum absolute atomic E-state index is 0.0947. The van der Waals surface area contributed by atoms with E-state index in [9.17, 15) is 18.0 Å². The highest BCUT2D eigenvalue weighted by atomic mass is 19.4. The zero-order valence-electron chi connectivity index (χ0n) is 10.7. The molecule has 0 radical (unpaired) electrons. The van der Waals surface area contributed by atoms with E-state index in [4.69, 9.17) is 10.5 Å². The summed E-state index contributed by atoms with van der Waals surface area (Å²) in [5, 5.41) is 2.30. The second-order valence-corrected chi connectivity index (χ2v) is 3.92. The van der Waals surface area contributed by atoms with Crippen LogP contribution in [-0.2, 0) is 9.53 Å². The molecule has 0 heterocycles. The summed E-state index contributed by atoms with van der Waals surface area (Å²) in [4.78, 5) is 11.7. The lowest BCUT2D eigenvalue weighted by Crippen LogP contribution is -2.36. The summed E-state index contributed by atoms with van der Waals surface area (Å²) < 4.78 is 45.2. The number of hydrogen-bond donors (Lipinski definition) is 2. The second kappa shape index (κ2) is 7.11. The van der Waals surface area contributed by atoms with Gasteiger partial charge in [0, 0.05) is 13.7 Å². The fourth-order valence-electron chi connectivity index (χ4n) is 1.38. The lowest BCUT2D eigenvalue weighted by molar-refractivity contribution is -0.274. The number of methoxy groups -OCH3 is 1. The van der Waals surface area contributed by atoms with Gasteiger partial charge in [-0.05, 0) is 18.6 Å². The standard InChI is InChI=1S/C12H15F3N2O3/c1-19-7-6-8(16)11(18)17-9-4-2-3-5-10(9)20-12(13,14)15/h2-5,8H,6-7,16H2,1H3,(H,17,18). The molecule has 0 saturated carbocycles. The maximum Gasteiger partial charge on any atom is 0.573 e. The van der Waals surface area contributed by atoms with Crippen molar-refractivity contribution in [3.63, 3.8) is 0 Å². The molecule has 1 aromatic carbocycles. The lowest BCUT2D eigenvalue weighted by atomic mass is 10.2. The SMILES string of the molecule is COCCC(N)C(=O)Nc1ccccc1OC(F)(F)F. The molecular formula is C12H15F3N2O3. The van der Waals surface area contributed by atoms with Crippen LogP contribution < -0.4 is 15.8 Å². The first-order valence-electron chi connectivity index (χ1n) is 5.73. The topological polar surface area (TPSA) is 73.6 Å². The maximum absolute atomic E-state index is 12.2. The van der Waals surface area contributed by atoms with Crippen LogP contribution in [0, 0.1) is 0 Å². The predicted octanol–water partition coefficient (Wildman–Crippen LogP) is 1.89. The Balaban J connectivity index is 2.74. The van der Waals surface area contributed by atoms with Crippen molar-refractivity contribution in [3.8, 4) is 5.75 Å². The quantitative estimate of drug-likeness (QED) is 0.839. The number of ether oxygens (including phenoxy) is 2. The Morgan fingerprint density at radius 2 is 2.05 bits per heavy atom. The molecular weight excluding hydrogens is 277 g/mol. The number of nitrogens with two attached hydrogens (primary N) is 1. The van der Waals surface area contributed by atoms with Crippen LogP contribution in [-0.4, -0.2) is 32.0 Å². The number of anilines is 1. The van der Waals surface area contributed by atoms with Crippen LogP contribution in [0.15, 0.2) is 24.3 Å². The van der Waals surface area contributed by atoms with Crippen molar-refractivity contribution in [2.75, 3.05) is 19.0 Å². The Hall–Kier alpha value is -1.80. The number of hydrogen-bond acceptors (Lipinski definition) is 4. The average molecular weight is 292 g/mol. The lowest BCUT2D eigenvalue weighted by Gasteiger charge is -2.16. The number of carbonyl (C=O) groups excluding carboxylic acids is 1. The number of halogens is 3. The van der Waals surface area contributed by atoms with Crippen molar-refractivity contribution in [2.45, 2.75) is 18.8 Å². The number of nitrogens with one attached hydrogen (secondary N) is 1. The molecule has 1 aromatic rings. The summed E-state index contributed by atoms with van der Waals surface area (Å²) >= 11 is 0. The third-order valence-electron chi connectivity index (χ3n) is 2.34. The Morgan fingerprint density at radius 1 is 1.40 bits per heavy atom. The third-order valence-corrected chi connectivity index (χ3v) is 2.34. The van der Waals surface area contributed by atoms with Crippen LogP contribution in [0.25, 0.3) is 0 Å². The highest BCUT2D eigenvalue weighted by Crippen LogP contribution is 2.29. The van der Waals surface area contributed by atoms with E-state index in [0.717, 1.165) is 6.07 Å². The van der Waals surface area contributed by atoms with Gasteiger partial charge in [0.25, 0.3) is 0 Å². The highest BCUT2D eigenvalue weighted by molar-refractivity contribution is 5.95. The molecule has 112 valence electrons. The summed E-state index contributed by atoms with van der Waals surface area (Å²) in [5.74, 6) is -1.10. The van der Waals surface area contributed by atoms with Gasteiger partial charge in [-0.1, -0.05) is 12.1 Å². The minimum Gasteiger partial charge on any atom is -0.404 e. The van der Waals surface area contributed by atoms with Gasteiger partial charge in [-0.3, -0.25) is 4.79 Å². The fourth-order valence-corrected chi connectivity index (χ4v) is 1.38. The minimum atomic E-state index is -4.83. The van der Waals surface area contributed by atoms with E-state index in [2.05, 4.69) is 10.1 Å². The molecule has 0 aromatic heterocycles. The zero-order valence-corrected chi connectivity index (χ0v) is 10.7. The molecule has 5 nitrogen and oxygen atoms in total. The molecule has 20 heavy (non-hydrogen) atoms. The summed E-state index contributed by atoms with van der Waals surface area (Å²) in [7, 11) is 1.46. The summed E-state index contributed by atoms with van der Waals surface area (Å²) in [5.41, 5.74) is 5.48. The summed E-state index contributed by atoms with van der Waals surface area (Å²) in [6.07, 6.45) is -4.58. The van der Waals surface area contributed by atoms with Crippen molar-refractivity contribution >= 4 is 11.6 Å². The summed E-state index contributed by atoms with van der Waals surface area (Å²) in [6, 6.07) is 4.35. The smallest absolute Gasteiger partial charge is 0.404 e. The number of carbonyl (C=O) groups is 1. The number of alkyl halides is 3. The van der Waals surface area contributed by atoms with Gasteiger partial charge in [0.15, 0.2) is 5.75 Å². The van der Waals surface area contributed by atoms with Crippen LogP contribution in [0.1, 0.15) is 6.42 Å². The van der Waals surface area contributed by atoms with E-state index in [1.165, 1.54) is 25.3 Å². The van der Waals surface area contributed by atoms with Gasteiger partial charge in [0.1, 0.15) is 0 Å². The Kier molecular flexibility index (Phi) is 5.78. The molecule has 0 spiro atoms.